The highest BCUT2D eigenvalue weighted by molar-refractivity contribution is 5.33. The Morgan fingerprint density at radius 1 is 1.64 bits per heavy atom. The highest BCUT2D eigenvalue weighted by atomic mass is 16.3. The van der Waals surface area contributed by atoms with Crippen LogP contribution >= 0.6 is 0 Å². The molecular formula is C10H13O+. The van der Waals surface area contributed by atoms with E-state index >= 15 is 0 Å². The maximum absolute atomic E-state index is 9.34. The molecular weight excluding hydrogens is 136 g/mol. The topological polar surface area (TPSA) is 20.2 Å². The number of aliphatic hydroxyl groups is 1. The molecule has 0 aromatic heterocycles. The Kier molecular flexibility index (Phi) is 2.45. The third kappa shape index (κ3) is 2.21. The van der Waals surface area contributed by atoms with Gasteiger partial charge < -0.3 is 5.11 Å². The Labute approximate surface area is 67.7 Å². The highest BCUT2D eigenvalue weighted by Crippen LogP contribution is 2.18. The SMILES string of the molecule is CC(C)CC1=C(O)[CH+]C=C=C1. The molecule has 0 saturated heterocycles. The van der Waals surface area contributed by atoms with E-state index in [1.165, 1.54) is 0 Å². The van der Waals surface area contributed by atoms with Gasteiger partial charge >= 0.3 is 0 Å². The minimum atomic E-state index is 0.387. The van der Waals surface area contributed by atoms with Crippen molar-refractivity contribution >= 4 is 0 Å². The van der Waals surface area contributed by atoms with Gasteiger partial charge in [0.1, 0.15) is 17.7 Å². The molecule has 1 aliphatic rings. The lowest BCUT2D eigenvalue weighted by Gasteiger charge is -2.02. The number of hydrogen-bond donors (Lipinski definition) is 1. The van der Waals surface area contributed by atoms with Gasteiger partial charge in [0.05, 0.1) is 6.42 Å². The quantitative estimate of drug-likeness (QED) is 0.473. The van der Waals surface area contributed by atoms with Crippen LogP contribution in [-0.4, -0.2) is 5.11 Å². The van der Waals surface area contributed by atoms with Crippen molar-refractivity contribution in [3.63, 3.8) is 0 Å². The number of aliphatic hydroxyl groups excluding tert-OH is 1. The van der Waals surface area contributed by atoms with Gasteiger partial charge in [-0.3, -0.25) is 0 Å². The van der Waals surface area contributed by atoms with Crippen LogP contribution in [0.5, 0.6) is 0 Å². The summed E-state index contributed by atoms with van der Waals surface area (Å²) in [5, 5.41) is 9.34. The molecule has 58 valence electrons. The summed E-state index contributed by atoms with van der Waals surface area (Å²) in [7, 11) is 0. The zero-order valence-corrected chi connectivity index (χ0v) is 6.96. The van der Waals surface area contributed by atoms with Crippen molar-refractivity contribution < 1.29 is 5.11 Å². The van der Waals surface area contributed by atoms with E-state index in [9.17, 15) is 5.11 Å². The van der Waals surface area contributed by atoms with Gasteiger partial charge in [-0.1, -0.05) is 13.8 Å². The van der Waals surface area contributed by atoms with Crippen LogP contribution in [0.1, 0.15) is 20.3 Å². The summed E-state index contributed by atoms with van der Waals surface area (Å²) < 4.78 is 0. The molecule has 1 nitrogen and oxygen atoms in total. The lowest BCUT2D eigenvalue weighted by molar-refractivity contribution is 0.412. The van der Waals surface area contributed by atoms with Crippen LogP contribution in [0.25, 0.3) is 0 Å². The smallest absolute Gasteiger partial charge is 0.233 e. The van der Waals surface area contributed by atoms with Crippen molar-refractivity contribution in [2.24, 2.45) is 5.92 Å². The van der Waals surface area contributed by atoms with E-state index in [0.29, 0.717) is 11.7 Å². The van der Waals surface area contributed by atoms with Crippen LogP contribution in [-0.2, 0) is 0 Å². The van der Waals surface area contributed by atoms with Crippen molar-refractivity contribution in [2.45, 2.75) is 20.3 Å². The zero-order valence-electron chi connectivity index (χ0n) is 6.96. The lowest BCUT2D eigenvalue weighted by atomic mass is 9.99. The van der Waals surface area contributed by atoms with Crippen molar-refractivity contribution in [1.82, 2.24) is 0 Å². The first-order valence-electron chi connectivity index (χ1n) is 3.88. The Morgan fingerprint density at radius 3 is 2.91 bits per heavy atom. The van der Waals surface area contributed by atoms with E-state index in [2.05, 4.69) is 19.6 Å². The number of allylic oxidation sites excluding steroid dienone is 2. The Bertz CT molecular complexity index is 227. The molecule has 0 aromatic carbocycles. The predicted octanol–water partition coefficient (Wildman–Crippen LogP) is 2.77. The molecule has 1 aliphatic carbocycles. The first-order valence-corrected chi connectivity index (χ1v) is 3.88. The maximum atomic E-state index is 9.34. The fourth-order valence-corrected chi connectivity index (χ4v) is 1.06. The molecule has 1 heteroatoms. The van der Waals surface area contributed by atoms with E-state index in [1.807, 2.05) is 6.08 Å². The summed E-state index contributed by atoms with van der Waals surface area (Å²) in [6.07, 6.45) is 6.16. The van der Waals surface area contributed by atoms with Crippen LogP contribution in [0.4, 0.5) is 0 Å². The molecule has 0 atom stereocenters. The average Bonchev–Trinajstić information content (AvgIpc) is 1.93. The lowest BCUT2D eigenvalue weighted by Crippen LogP contribution is -1.96. The second-order valence-corrected chi connectivity index (χ2v) is 3.15. The fourth-order valence-electron chi connectivity index (χ4n) is 1.06. The molecule has 0 saturated carbocycles. The Balaban J connectivity index is 2.69. The molecule has 0 aliphatic heterocycles. The first-order chi connectivity index (χ1) is 5.20. The molecule has 0 heterocycles. The van der Waals surface area contributed by atoms with Crippen LogP contribution in [0.15, 0.2) is 29.2 Å². The van der Waals surface area contributed by atoms with Crippen molar-refractivity contribution in [3.8, 4) is 0 Å². The van der Waals surface area contributed by atoms with Gasteiger partial charge in [-0.05, 0) is 5.92 Å². The molecule has 1 N–H and O–H groups in total. The monoisotopic (exact) mass is 149 g/mol. The summed E-state index contributed by atoms with van der Waals surface area (Å²) in [4.78, 5) is 0. The Morgan fingerprint density at radius 2 is 2.36 bits per heavy atom. The number of rotatable bonds is 2. The fraction of sp³-hybridized carbons (Fsp3) is 0.400. The maximum Gasteiger partial charge on any atom is 0.233 e. The van der Waals surface area contributed by atoms with Crippen molar-refractivity contribution in [2.75, 3.05) is 0 Å². The minimum absolute atomic E-state index is 0.387. The van der Waals surface area contributed by atoms with E-state index < -0.39 is 0 Å². The average molecular weight is 149 g/mol. The molecule has 1 rings (SSSR count). The third-order valence-corrected chi connectivity index (χ3v) is 1.55. The molecule has 0 radical (unpaired) electrons. The second-order valence-electron chi connectivity index (χ2n) is 3.15. The van der Waals surface area contributed by atoms with Gasteiger partial charge in [0.15, 0.2) is 0 Å². The van der Waals surface area contributed by atoms with Crippen LogP contribution in [0.2, 0.25) is 0 Å². The molecule has 0 spiro atoms. The van der Waals surface area contributed by atoms with Crippen molar-refractivity contribution in [3.05, 3.63) is 35.6 Å². The van der Waals surface area contributed by atoms with Gasteiger partial charge in [0.25, 0.3) is 0 Å². The summed E-state index contributed by atoms with van der Waals surface area (Å²) in [5.74, 6) is 0.967. The summed E-state index contributed by atoms with van der Waals surface area (Å²) in [5.41, 5.74) is 3.94. The first kappa shape index (κ1) is 8.03. The summed E-state index contributed by atoms with van der Waals surface area (Å²) in [6, 6.07) is 0. The van der Waals surface area contributed by atoms with Gasteiger partial charge in [-0.15, -0.1) is 0 Å². The minimum Gasteiger partial charge on any atom is -0.487 e. The second kappa shape index (κ2) is 3.36. The van der Waals surface area contributed by atoms with Gasteiger partial charge in [0, 0.05) is 12.2 Å². The highest BCUT2D eigenvalue weighted by Gasteiger charge is 2.14. The van der Waals surface area contributed by atoms with Gasteiger partial charge in [-0.2, -0.15) is 0 Å². The predicted molar refractivity (Wildman–Crippen MR) is 46.1 cm³/mol. The largest absolute Gasteiger partial charge is 0.487 e. The van der Waals surface area contributed by atoms with Crippen molar-refractivity contribution in [1.29, 1.82) is 0 Å². The third-order valence-electron chi connectivity index (χ3n) is 1.55. The number of hydrogen-bond acceptors (Lipinski definition) is 1. The van der Waals surface area contributed by atoms with Crippen LogP contribution in [0.3, 0.4) is 0 Å². The molecule has 11 heavy (non-hydrogen) atoms. The molecule has 0 bridgehead atoms. The molecule has 0 amide bonds. The Hall–Kier alpha value is -1.07. The van der Waals surface area contributed by atoms with E-state index in [1.54, 1.807) is 12.5 Å². The normalized spacial score (nSPS) is 15.9. The van der Waals surface area contributed by atoms with Crippen LogP contribution < -0.4 is 0 Å². The standard InChI is InChI=1S/C10H12O/c1-8(2)7-9-5-3-4-6-10(9)11/h4-6,8H,7H2,1-2H3/p+1. The molecule has 0 aromatic rings. The summed E-state index contributed by atoms with van der Waals surface area (Å²) in [6.45, 7) is 4.26. The molecule has 0 fully saturated rings. The van der Waals surface area contributed by atoms with E-state index in [-0.39, 0.29) is 0 Å². The van der Waals surface area contributed by atoms with Crippen LogP contribution in [0, 0.1) is 12.3 Å². The zero-order chi connectivity index (χ0) is 8.27. The van der Waals surface area contributed by atoms with E-state index in [0.717, 1.165) is 12.0 Å². The summed E-state index contributed by atoms with van der Waals surface area (Å²) >= 11 is 0. The molecule has 0 unspecified atom stereocenters. The van der Waals surface area contributed by atoms with Gasteiger partial charge in [-0.25, -0.2) is 0 Å². The van der Waals surface area contributed by atoms with E-state index in [4.69, 9.17) is 0 Å². The van der Waals surface area contributed by atoms with Gasteiger partial charge in [0.2, 0.25) is 5.76 Å².